The number of amides is 1. The lowest BCUT2D eigenvalue weighted by atomic mass is 10.2. The van der Waals surface area contributed by atoms with Gasteiger partial charge in [0.05, 0.1) is 12.5 Å². The van der Waals surface area contributed by atoms with Gasteiger partial charge in [0.15, 0.2) is 5.17 Å². The summed E-state index contributed by atoms with van der Waals surface area (Å²) in [6.45, 7) is 1.42. The third-order valence-corrected chi connectivity index (χ3v) is 5.04. The first-order valence-electron chi connectivity index (χ1n) is 7.86. The van der Waals surface area contributed by atoms with Crippen LogP contribution in [0.4, 0.5) is 0 Å². The molecule has 4 nitrogen and oxygen atoms in total. The van der Waals surface area contributed by atoms with Crippen molar-refractivity contribution in [2.24, 2.45) is 4.99 Å². The van der Waals surface area contributed by atoms with Crippen LogP contribution < -0.4 is 0 Å². The van der Waals surface area contributed by atoms with Crippen molar-refractivity contribution in [3.63, 3.8) is 0 Å². The van der Waals surface area contributed by atoms with E-state index in [2.05, 4.69) is 22.0 Å². The highest BCUT2D eigenvalue weighted by Gasteiger charge is 2.35. The summed E-state index contributed by atoms with van der Waals surface area (Å²) in [7, 11) is 0. The molecule has 2 aliphatic rings. The molecule has 0 aromatic heterocycles. The van der Waals surface area contributed by atoms with Gasteiger partial charge < -0.3 is 0 Å². The Morgan fingerprint density at radius 2 is 1.75 bits per heavy atom. The first kappa shape index (κ1) is 15.2. The van der Waals surface area contributed by atoms with Gasteiger partial charge in [0.1, 0.15) is 5.70 Å². The molecule has 5 heteroatoms. The van der Waals surface area contributed by atoms with Crippen LogP contribution in [0.5, 0.6) is 0 Å². The Morgan fingerprint density at radius 1 is 1.04 bits per heavy atom. The topological polar surface area (TPSA) is 35.9 Å². The van der Waals surface area contributed by atoms with Gasteiger partial charge in [-0.1, -0.05) is 72.4 Å². The van der Waals surface area contributed by atoms with Crippen molar-refractivity contribution in [3.8, 4) is 0 Å². The van der Waals surface area contributed by atoms with Gasteiger partial charge in [-0.15, -0.1) is 0 Å². The minimum Gasteiger partial charge on any atom is -0.272 e. The van der Waals surface area contributed by atoms with Crippen molar-refractivity contribution in [2.45, 2.75) is 6.54 Å². The molecule has 0 bridgehead atoms. The van der Waals surface area contributed by atoms with Gasteiger partial charge in [-0.3, -0.25) is 14.6 Å². The number of carbonyl (C=O) groups is 1. The Labute approximate surface area is 145 Å². The number of hydrogen-bond donors (Lipinski definition) is 0. The van der Waals surface area contributed by atoms with E-state index in [-0.39, 0.29) is 5.91 Å². The Kier molecular flexibility index (Phi) is 4.19. The van der Waals surface area contributed by atoms with Crippen LogP contribution in [0.1, 0.15) is 11.1 Å². The number of hydrogen-bond acceptors (Lipinski definition) is 4. The van der Waals surface area contributed by atoms with Gasteiger partial charge in [0.2, 0.25) is 0 Å². The zero-order valence-corrected chi connectivity index (χ0v) is 13.9. The minimum atomic E-state index is -0.0147. The molecule has 0 aliphatic carbocycles. The Bertz CT molecular complexity index is 802. The maximum absolute atomic E-state index is 12.6. The van der Waals surface area contributed by atoms with Crippen LogP contribution in [0.15, 0.2) is 71.4 Å². The summed E-state index contributed by atoms with van der Waals surface area (Å²) in [4.78, 5) is 21.2. The molecule has 1 saturated heterocycles. The third kappa shape index (κ3) is 3.13. The molecular weight excluding hydrogens is 318 g/mol. The van der Waals surface area contributed by atoms with Crippen LogP contribution in [0.2, 0.25) is 0 Å². The number of benzene rings is 2. The smallest absolute Gasteiger partial charge is 0.272 e. The molecule has 1 amide bonds. The fourth-order valence-corrected chi connectivity index (χ4v) is 3.73. The molecule has 1 fully saturated rings. The fourth-order valence-electron chi connectivity index (χ4n) is 2.80. The van der Waals surface area contributed by atoms with Crippen LogP contribution in [-0.4, -0.2) is 33.4 Å². The van der Waals surface area contributed by atoms with Crippen molar-refractivity contribution < 1.29 is 4.79 Å². The van der Waals surface area contributed by atoms with E-state index in [1.54, 1.807) is 16.7 Å². The number of carbonyl (C=O) groups excluding carboxylic acids is 1. The highest BCUT2D eigenvalue weighted by atomic mass is 32.2. The second-order valence-electron chi connectivity index (χ2n) is 5.80. The van der Waals surface area contributed by atoms with Crippen molar-refractivity contribution in [3.05, 3.63) is 77.5 Å². The molecule has 0 atom stereocenters. The van der Waals surface area contributed by atoms with Gasteiger partial charge in [-0.2, -0.15) is 0 Å². The molecule has 2 aromatic rings. The maximum atomic E-state index is 12.6. The number of fused-ring (bicyclic) bond motifs is 1. The predicted octanol–water partition coefficient (Wildman–Crippen LogP) is 3.39. The number of rotatable bonds is 3. The molecule has 0 radical (unpaired) electrons. The summed E-state index contributed by atoms with van der Waals surface area (Å²) in [6, 6.07) is 20.2. The lowest BCUT2D eigenvalue weighted by Crippen LogP contribution is -2.45. The predicted molar refractivity (Wildman–Crippen MR) is 98.0 cm³/mol. The quantitative estimate of drug-likeness (QED) is 0.807. The largest absolute Gasteiger partial charge is 0.279 e. The number of thioether (sulfide) groups is 1. The third-order valence-electron chi connectivity index (χ3n) is 3.98. The summed E-state index contributed by atoms with van der Waals surface area (Å²) < 4.78 is 0. The Balaban J connectivity index is 1.49. The van der Waals surface area contributed by atoms with E-state index in [9.17, 15) is 4.79 Å². The zero-order valence-electron chi connectivity index (χ0n) is 13.1. The normalized spacial score (nSPS) is 19.5. The van der Waals surface area contributed by atoms with E-state index in [0.29, 0.717) is 12.4 Å². The van der Waals surface area contributed by atoms with E-state index < -0.39 is 0 Å². The van der Waals surface area contributed by atoms with Crippen LogP contribution in [-0.2, 0) is 11.3 Å². The number of aliphatic imine (C=N–C) groups is 1. The summed E-state index contributed by atoms with van der Waals surface area (Å²) in [6.07, 6.45) is 1.86. The maximum Gasteiger partial charge on any atom is 0.279 e. The molecule has 2 heterocycles. The first-order chi connectivity index (χ1) is 11.8. The molecule has 0 saturated carbocycles. The second kappa shape index (κ2) is 6.63. The molecule has 4 rings (SSSR count). The fraction of sp³-hybridized carbons (Fsp3) is 0.158. The van der Waals surface area contributed by atoms with Gasteiger partial charge >= 0.3 is 0 Å². The van der Waals surface area contributed by atoms with E-state index in [0.717, 1.165) is 23.2 Å². The molecule has 0 N–H and O–H groups in total. The monoisotopic (exact) mass is 335 g/mol. The highest BCUT2D eigenvalue weighted by molar-refractivity contribution is 8.13. The number of amidine groups is 1. The van der Waals surface area contributed by atoms with Gasteiger partial charge in [0, 0.05) is 6.54 Å². The molecule has 120 valence electrons. The average Bonchev–Trinajstić information content (AvgIpc) is 2.93. The van der Waals surface area contributed by atoms with E-state index in [4.69, 9.17) is 0 Å². The molecule has 24 heavy (non-hydrogen) atoms. The lowest BCUT2D eigenvalue weighted by Gasteiger charge is -2.32. The lowest BCUT2D eigenvalue weighted by molar-refractivity contribution is -0.124. The summed E-state index contributed by atoms with van der Waals surface area (Å²) in [5.74, 6) is 0.829. The van der Waals surface area contributed by atoms with Crippen LogP contribution in [0.25, 0.3) is 6.08 Å². The van der Waals surface area contributed by atoms with Crippen molar-refractivity contribution >= 4 is 28.9 Å². The van der Waals surface area contributed by atoms with E-state index in [1.807, 2.05) is 54.6 Å². The van der Waals surface area contributed by atoms with Crippen LogP contribution >= 0.6 is 11.8 Å². The van der Waals surface area contributed by atoms with Crippen molar-refractivity contribution in [1.29, 1.82) is 0 Å². The van der Waals surface area contributed by atoms with Crippen molar-refractivity contribution in [1.82, 2.24) is 9.80 Å². The van der Waals surface area contributed by atoms with Crippen molar-refractivity contribution in [2.75, 3.05) is 12.5 Å². The first-order valence-corrected chi connectivity index (χ1v) is 8.84. The molecule has 2 aromatic carbocycles. The summed E-state index contributed by atoms with van der Waals surface area (Å²) >= 11 is 1.62. The average molecular weight is 335 g/mol. The summed E-state index contributed by atoms with van der Waals surface area (Å²) in [5, 5.41) is 0.812. The second-order valence-corrected chi connectivity index (χ2v) is 6.71. The molecule has 2 aliphatic heterocycles. The van der Waals surface area contributed by atoms with Gasteiger partial charge in [-0.25, -0.2) is 4.99 Å². The SMILES string of the molecule is O=C1C(=Cc2ccccc2)N=C2SCN(Cc3ccccc3)CN12. The van der Waals surface area contributed by atoms with E-state index >= 15 is 0 Å². The number of nitrogens with zero attached hydrogens (tertiary/aromatic N) is 3. The van der Waals surface area contributed by atoms with Gasteiger partial charge in [-0.05, 0) is 17.2 Å². The standard InChI is InChI=1S/C19H17N3OS/c23-18-17(11-15-7-3-1-4-8-15)20-19-22(18)13-21(14-24-19)12-16-9-5-2-6-10-16/h1-11H,12-14H2. The zero-order chi connectivity index (χ0) is 16.4. The van der Waals surface area contributed by atoms with E-state index in [1.165, 1.54) is 5.56 Å². The molecular formula is C19H17N3OS. The highest BCUT2D eigenvalue weighted by Crippen LogP contribution is 2.28. The molecule has 0 unspecified atom stereocenters. The van der Waals surface area contributed by atoms with Crippen LogP contribution in [0, 0.1) is 0 Å². The van der Waals surface area contributed by atoms with Crippen LogP contribution in [0.3, 0.4) is 0 Å². The minimum absolute atomic E-state index is 0.0147. The van der Waals surface area contributed by atoms with Gasteiger partial charge in [0.25, 0.3) is 5.91 Å². The molecule has 0 spiro atoms. The Hall–Kier alpha value is -2.37. The summed E-state index contributed by atoms with van der Waals surface area (Å²) in [5.41, 5.74) is 2.77. The Morgan fingerprint density at radius 3 is 2.50 bits per heavy atom.